The summed E-state index contributed by atoms with van der Waals surface area (Å²) in [4.78, 5) is 16.5. The van der Waals surface area contributed by atoms with Crippen LogP contribution < -0.4 is 15.4 Å². The zero-order valence-electron chi connectivity index (χ0n) is 13.8. The number of rotatable bonds is 3. The predicted octanol–water partition coefficient (Wildman–Crippen LogP) is 2.55. The van der Waals surface area contributed by atoms with E-state index in [4.69, 9.17) is 16.3 Å². The average molecular weight is 358 g/mol. The summed E-state index contributed by atoms with van der Waals surface area (Å²) in [6, 6.07) is 5.67. The molecule has 1 aliphatic heterocycles. The number of aromatic nitrogens is 3. The van der Waals surface area contributed by atoms with E-state index >= 15 is 0 Å². The zero-order chi connectivity index (χ0) is 17.6. The van der Waals surface area contributed by atoms with Crippen molar-refractivity contribution in [2.75, 3.05) is 26.0 Å². The summed E-state index contributed by atoms with van der Waals surface area (Å²) >= 11 is 6.50. The Morgan fingerprint density at radius 1 is 1.40 bits per heavy atom. The number of hydrogen-bond acceptors (Lipinski definition) is 5. The molecular weight excluding hydrogens is 342 g/mol. The van der Waals surface area contributed by atoms with E-state index in [9.17, 15) is 4.79 Å². The maximum absolute atomic E-state index is 12.1. The Kier molecular flexibility index (Phi) is 3.73. The second-order valence-corrected chi connectivity index (χ2v) is 6.05. The fourth-order valence-electron chi connectivity index (χ4n) is 3.09. The van der Waals surface area contributed by atoms with Gasteiger partial charge in [0.25, 0.3) is 5.91 Å². The molecule has 0 saturated heterocycles. The summed E-state index contributed by atoms with van der Waals surface area (Å²) in [5.41, 5.74) is 3.40. The van der Waals surface area contributed by atoms with Crippen LogP contribution in [0.4, 0.5) is 5.69 Å². The van der Waals surface area contributed by atoms with E-state index in [1.54, 1.807) is 18.0 Å². The molecule has 0 bridgehead atoms. The van der Waals surface area contributed by atoms with E-state index in [-0.39, 0.29) is 5.91 Å². The molecule has 7 nitrogen and oxygen atoms in total. The third-order valence-corrected chi connectivity index (χ3v) is 4.66. The molecule has 1 amide bonds. The van der Waals surface area contributed by atoms with Gasteiger partial charge in [-0.2, -0.15) is 5.10 Å². The summed E-state index contributed by atoms with van der Waals surface area (Å²) in [6.07, 6.45) is 1.70. The molecule has 128 valence electrons. The van der Waals surface area contributed by atoms with Crippen LogP contribution in [0.25, 0.3) is 22.2 Å². The van der Waals surface area contributed by atoms with Crippen molar-refractivity contribution in [3.8, 4) is 17.0 Å². The predicted molar refractivity (Wildman–Crippen MR) is 96.4 cm³/mol. The highest BCUT2D eigenvalue weighted by molar-refractivity contribution is 6.36. The van der Waals surface area contributed by atoms with Crippen LogP contribution in [-0.2, 0) is 6.54 Å². The Balaban J connectivity index is 1.97. The Morgan fingerprint density at radius 2 is 2.24 bits per heavy atom. The van der Waals surface area contributed by atoms with Gasteiger partial charge in [-0.05, 0) is 12.1 Å². The van der Waals surface area contributed by atoms with Gasteiger partial charge < -0.3 is 15.4 Å². The SMILES string of the molecule is CNc1cc2c(-c3nn4c(c3Cl)C(=O)NCC4)ccnc2cc1OC. The van der Waals surface area contributed by atoms with Gasteiger partial charge in [-0.1, -0.05) is 11.6 Å². The van der Waals surface area contributed by atoms with Crippen LogP contribution in [0.15, 0.2) is 24.4 Å². The maximum atomic E-state index is 12.1. The first kappa shape index (κ1) is 15.7. The molecule has 0 aliphatic carbocycles. The molecule has 0 fully saturated rings. The van der Waals surface area contributed by atoms with Gasteiger partial charge in [0.2, 0.25) is 0 Å². The van der Waals surface area contributed by atoms with Gasteiger partial charge in [0.1, 0.15) is 17.1 Å². The minimum Gasteiger partial charge on any atom is -0.495 e. The van der Waals surface area contributed by atoms with Crippen LogP contribution in [-0.4, -0.2) is 41.4 Å². The summed E-state index contributed by atoms with van der Waals surface area (Å²) in [6.45, 7) is 1.14. The minimum absolute atomic E-state index is 0.203. The average Bonchev–Trinajstić information content (AvgIpc) is 2.97. The zero-order valence-corrected chi connectivity index (χ0v) is 14.5. The fraction of sp³-hybridized carbons (Fsp3) is 0.235. The number of carbonyl (C=O) groups excluding carboxylic acids is 1. The highest BCUT2D eigenvalue weighted by atomic mass is 35.5. The van der Waals surface area contributed by atoms with Crippen LogP contribution in [0.1, 0.15) is 10.5 Å². The van der Waals surface area contributed by atoms with Gasteiger partial charge in [-0.3, -0.25) is 14.5 Å². The van der Waals surface area contributed by atoms with Crippen molar-refractivity contribution in [1.29, 1.82) is 0 Å². The van der Waals surface area contributed by atoms with E-state index < -0.39 is 0 Å². The molecule has 0 spiro atoms. The number of nitrogens with zero attached hydrogens (tertiary/aromatic N) is 3. The number of methoxy groups -OCH3 is 1. The van der Waals surface area contributed by atoms with Gasteiger partial charge in [-0.15, -0.1) is 0 Å². The third kappa shape index (κ3) is 2.39. The van der Waals surface area contributed by atoms with Crippen molar-refractivity contribution in [3.05, 3.63) is 35.1 Å². The molecule has 1 aliphatic rings. The molecule has 2 aromatic heterocycles. The first-order valence-corrected chi connectivity index (χ1v) is 8.21. The molecular formula is C17H16ClN5O2. The van der Waals surface area contributed by atoms with Crippen LogP contribution in [0.5, 0.6) is 5.75 Å². The number of ether oxygens (including phenoxy) is 1. The second kappa shape index (κ2) is 5.93. The van der Waals surface area contributed by atoms with E-state index in [0.29, 0.717) is 35.2 Å². The minimum atomic E-state index is -0.203. The number of nitrogens with one attached hydrogen (secondary N) is 2. The van der Waals surface area contributed by atoms with Crippen molar-refractivity contribution in [3.63, 3.8) is 0 Å². The number of hydrogen-bond donors (Lipinski definition) is 2. The summed E-state index contributed by atoms with van der Waals surface area (Å²) < 4.78 is 7.05. The van der Waals surface area contributed by atoms with Crippen LogP contribution in [0.2, 0.25) is 5.02 Å². The van der Waals surface area contributed by atoms with Crippen LogP contribution in [0.3, 0.4) is 0 Å². The van der Waals surface area contributed by atoms with E-state index in [1.165, 1.54) is 0 Å². The first-order valence-electron chi connectivity index (χ1n) is 7.83. The second-order valence-electron chi connectivity index (χ2n) is 5.67. The molecule has 4 rings (SSSR count). The lowest BCUT2D eigenvalue weighted by Crippen LogP contribution is -2.35. The number of fused-ring (bicyclic) bond motifs is 2. The molecule has 0 saturated carbocycles. The van der Waals surface area contributed by atoms with Crippen LogP contribution >= 0.6 is 11.6 Å². The molecule has 3 aromatic rings. The highest BCUT2D eigenvalue weighted by Crippen LogP contribution is 2.38. The molecule has 3 heterocycles. The van der Waals surface area contributed by atoms with E-state index in [2.05, 4.69) is 20.7 Å². The third-order valence-electron chi connectivity index (χ3n) is 4.31. The van der Waals surface area contributed by atoms with Gasteiger partial charge in [0, 0.05) is 36.8 Å². The molecule has 2 N–H and O–H groups in total. The standard InChI is InChI=1S/C17H16ClN5O2/c1-19-12-7-10-9(3-4-20-11(10)8-13(12)25-2)15-14(18)16-17(24)21-5-6-23(16)22-15/h3-4,7-8,19H,5-6H2,1-2H3,(H,21,24). The van der Waals surface area contributed by atoms with Crippen LogP contribution in [0, 0.1) is 0 Å². The number of halogens is 1. The van der Waals surface area contributed by atoms with E-state index in [0.717, 1.165) is 22.2 Å². The summed E-state index contributed by atoms with van der Waals surface area (Å²) in [5, 5.41) is 11.7. The number of carbonyl (C=O) groups is 1. The van der Waals surface area contributed by atoms with Crippen molar-refractivity contribution in [2.45, 2.75) is 6.54 Å². The summed E-state index contributed by atoms with van der Waals surface area (Å²) in [7, 11) is 3.44. The Hall–Kier alpha value is -2.80. The number of pyridine rings is 1. The Morgan fingerprint density at radius 3 is 2.96 bits per heavy atom. The first-order chi connectivity index (χ1) is 12.1. The van der Waals surface area contributed by atoms with Crippen molar-refractivity contribution < 1.29 is 9.53 Å². The smallest absolute Gasteiger partial charge is 0.271 e. The van der Waals surface area contributed by atoms with Crippen molar-refractivity contribution in [1.82, 2.24) is 20.1 Å². The van der Waals surface area contributed by atoms with Crippen molar-refractivity contribution in [2.24, 2.45) is 0 Å². The fourth-order valence-corrected chi connectivity index (χ4v) is 3.42. The van der Waals surface area contributed by atoms with Gasteiger partial charge in [-0.25, -0.2) is 0 Å². The quantitative estimate of drug-likeness (QED) is 0.753. The normalized spacial score (nSPS) is 13.5. The molecule has 0 atom stereocenters. The molecule has 0 radical (unpaired) electrons. The molecule has 25 heavy (non-hydrogen) atoms. The topological polar surface area (TPSA) is 81.1 Å². The highest BCUT2D eigenvalue weighted by Gasteiger charge is 2.26. The van der Waals surface area contributed by atoms with Gasteiger partial charge in [0.05, 0.1) is 29.9 Å². The van der Waals surface area contributed by atoms with E-state index in [1.807, 2.05) is 25.2 Å². The van der Waals surface area contributed by atoms with Crippen molar-refractivity contribution >= 4 is 34.1 Å². The number of amides is 1. The monoisotopic (exact) mass is 357 g/mol. The van der Waals surface area contributed by atoms with Gasteiger partial charge in [0.15, 0.2) is 0 Å². The lowest BCUT2D eigenvalue weighted by atomic mass is 10.0. The summed E-state index contributed by atoms with van der Waals surface area (Å²) in [5.74, 6) is 0.500. The number of anilines is 1. The maximum Gasteiger partial charge on any atom is 0.271 e. The Labute approximate surface area is 148 Å². The Bertz CT molecular complexity index is 998. The number of benzene rings is 1. The lowest BCUT2D eigenvalue weighted by Gasteiger charge is -2.13. The molecule has 8 heteroatoms. The lowest BCUT2D eigenvalue weighted by molar-refractivity contribution is 0.0924. The largest absolute Gasteiger partial charge is 0.495 e. The molecule has 1 aromatic carbocycles. The van der Waals surface area contributed by atoms with Gasteiger partial charge >= 0.3 is 0 Å². The molecule has 0 unspecified atom stereocenters.